The first-order valence-electron chi connectivity index (χ1n) is 9.01. The summed E-state index contributed by atoms with van der Waals surface area (Å²) in [6.45, 7) is 2.57. The molecule has 2 heterocycles. The van der Waals surface area contributed by atoms with Crippen LogP contribution in [0.4, 0.5) is 0 Å². The number of nitrogens with zero attached hydrogens (tertiary/aromatic N) is 3. The molecule has 2 aromatic heterocycles. The first kappa shape index (κ1) is 19.5. The van der Waals surface area contributed by atoms with E-state index in [1.165, 1.54) is 0 Å². The Morgan fingerprint density at radius 3 is 2.45 bits per heavy atom. The largest absolute Gasteiger partial charge is 0.416 e. The molecule has 4 aromatic rings. The van der Waals surface area contributed by atoms with Crippen molar-refractivity contribution in [1.29, 1.82) is 0 Å². The molecular weight excluding hydrogens is 450 g/mol. The fraction of sp³-hybridized carbons (Fsp3) is 0.136. The number of aryl methyl sites for hydroxylation is 1. The Morgan fingerprint density at radius 2 is 1.76 bits per heavy atom. The van der Waals surface area contributed by atoms with Gasteiger partial charge in [-0.2, -0.15) is 0 Å². The van der Waals surface area contributed by atoms with Crippen molar-refractivity contribution >= 4 is 33.2 Å². The lowest BCUT2D eigenvalue weighted by Crippen LogP contribution is -2.25. The first-order valence-corrected chi connectivity index (χ1v) is 10.6. The highest BCUT2D eigenvalue weighted by Crippen LogP contribution is 2.27. The van der Waals surface area contributed by atoms with Crippen LogP contribution in [0.3, 0.4) is 0 Å². The van der Waals surface area contributed by atoms with Crippen molar-refractivity contribution in [3.05, 3.63) is 80.5 Å². The van der Waals surface area contributed by atoms with Crippen LogP contribution in [-0.4, -0.2) is 28.1 Å². The van der Waals surface area contributed by atoms with E-state index in [0.29, 0.717) is 23.9 Å². The zero-order valence-corrected chi connectivity index (χ0v) is 18.3. The molecule has 0 aliphatic rings. The van der Waals surface area contributed by atoms with Gasteiger partial charge in [0, 0.05) is 28.6 Å². The zero-order chi connectivity index (χ0) is 20.4. The molecular formula is C22H18BrN3O2S. The Bertz CT molecular complexity index is 1150. The van der Waals surface area contributed by atoms with Crippen LogP contribution in [0.5, 0.6) is 0 Å². The predicted octanol–water partition coefficient (Wildman–Crippen LogP) is 5.81. The third-order valence-electron chi connectivity index (χ3n) is 4.55. The number of hydrogen-bond donors (Lipinski definition) is 0. The summed E-state index contributed by atoms with van der Waals surface area (Å²) >= 11 is 5.07. The number of halogens is 1. The average Bonchev–Trinajstić information content (AvgIpc) is 3.37. The molecule has 146 valence electrons. The topological polar surface area (TPSA) is 59.2 Å². The molecule has 0 radical (unpaired) electrons. The molecule has 0 atom stereocenters. The van der Waals surface area contributed by atoms with Crippen LogP contribution in [0.2, 0.25) is 0 Å². The van der Waals surface area contributed by atoms with Crippen LogP contribution in [0.25, 0.3) is 22.9 Å². The summed E-state index contributed by atoms with van der Waals surface area (Å²) in [4.78, 5) is 15.5. The summed E-state index contributed by atoms with van der Waals surface area (Å²) in [7, 11) is 1.80. The van der Waals surface area contributed by atoms with Crippen LogP contribution in [0.1, 0.15) is 20.8 Å². The molecule has 1 amide bonds. The maximum Gasteiger partial charge on any atom is 0.253 e. The highest BCUT2D eigenvalue weighted by molar-refractivity contribution is 9.11. The fourth-order valence-electron chi connectivity index (χ4n) is 2.98. The maximum absolute atomic E-state index is 12.7. The summed E-state index contributed by atoms with van der Waals surface area (Å²) in [6.07, 6.45) is 0. The standard InChI is InChI=1S/C22H18BrN3O2S/c1-14-5-3-4-6-18(14)21-25-24-20(28-21)15-7-9-16(10-8-15)22(27)26(2)13-17-11-12-19(23)29-17/h3-12H,13H2,1-2H3. The van der Waals surface area contributed by atoms with E-state index in [-0.39, 0.29) is 5.91 Å². The van der Waals surface area contributed by atoms with Gasteiger partial charge in [-0.1, -0.05) is 18.2 Å². The second-order valence-corrected chi connectivity index (χ2v) is 9.22. The number of benzene rings is 2. The van der Waals surface area contributed by atoms with Gasteiger partial charge in [-0.15, -0.1) is 21.5 Å². The molecule has 0 N–H and O–H groups in total. The average molecular weight is 468 g/mol. The molecule has 0 spiro atoms. The summed E-state index contributed by atoms with van der Waals surface area (Å²) in [5.41, 5.74) is 3.38. The molecule has 29 heavy (non-hydrogen) atoms. The van der Waals surface area contributed by atoms with E-state index in [2.05, 4.69) is 26.1 Å². The van der Waals surface area contributed by atoms with Gasteiger partial charge in [0.2, 0.25) is 11.8 Å². The lowest BCUT2D eigenvalue weighted by Gasteiger charge is -2.16. The van der Waals surface area contributed by atoms with Gasteiger partial charge in [-0.3, -0.25) is 4.79 Å². The quantitative estimate of drug-likeness (QED) is 0.371. The van der Waals surface area contributed by atoms with Crippen molar-refractivity contribution < 1.29 is 9.21 Å². The Hall–Kier alpha value is -2.77. The predicted molar refractivity (Wildman–Crippen MR) is 118 cm³/mol. The van der Waals surface area contributed by atoms with E-state index in [0.717, 1.165) is 25.4 Å². The van der Waals surface area contributed by atoms with E-state index in [1.54, 1.807) is 35.4 Å². The highest BCUT2D eigenvalue weighted by atomic mass is 79.9. The Balaban J connectivity index is 1.49. The third-order valence-corrected chi connectivity index (χ3v) is 6.16. The molecule has 0 fully saturated rings. The smallest absolute Gasteiger partial charge is 0.253 e. The van der Waals surface area contributed by atoms with Gasteiger partial charge in [0.1, 0.15) is 0 Å². The van der Waals surface area contributed by atoms with E-state index >= 15 is 0 Å². The molecule has 0 bridgehead atoms. The summed E-state index contributed by atoms with van der Waals surface area (Å²) < 4.78 is 6.90. The Labute approximate surface area is 181 Å². The van der Waals surface area contributed by atoms with Crippen LogP contribution >= 0.6 is 27.3 Å². The van der Waals surface area contributed by atoms with E-state index in [4.69, 9.17) is 4.42 Å². The minimum atomic E-state index is -0.0350. The number of amides is 1. The van der Waals surface area contributed by atoms with Gasteiger partial charge in [0.25, 0.3) is 5.91 Å². The molecule has 4 rings (SSSR count). The normalized spacial score (nSPS) is 10.9. The summed E-state index contributed by atoms with van der Waals surface area (Å²) in [6, 6.07) is 19.1. The van der Waals surface area contributed by atoms with Crippen molar-refractivity contribution in [2.75, 3.05) is 7.05 Å². The second kappa shape index (κ2) is 8.31. The third kappa shape index (κ3) is 4.31. The molecule has 0 unspecified atom stereocenters. The number of carbonyl (C=O) groups is 1. The van der Waals surface area contributed by atoms with Crippen molar-refractivity contribution in [1.82, 2.24) is 15.1 Å². The molecule has 0 aliphatic heterocycles. The highest BCUT2D eigenvalue weighted by Gasteiger charge is 2.15. The Kier molecular flexibility index (Phi) is 5.60. The second-order valence-electron chi connectivity index (χ2n) is 6.67. The van der Waals surface area contributed by atoms with E-state index in [1.807, 2.05) is 55.5 Å². The number of aromatic nitrogens is 2. The van der Waals surface area contributed by atoms with Crippen LogP contribution < -0.4 is 0 Å². The summed E-state index contributed by atoms with van der Waals surface area (Å²) in [5.74, 6) is 0.881. The van der Waals surface area contributed by atoms with Crippen molar-refractivity contribution in [2.45, 2.75) is 13.5 Å². The Morgan fingerprint density at radius 1 is 1.03 bits per heavy atom. The van der Waals surface area contributed by atoms with Crippen molar-refractivity contribution in [3.8, 4) is 22.9 Å². The van der Waals surface area contributed by atoms with E-state index < -0.39 is 0 Å². The maximum atomic E-state index is 12.7. The van der Waals surface area contributed by atoms with Gasteiger partial charge in [-0.25, -0.2) is 0 Å². The van der Waals surface area contributed by atoms with Crippen LogP contribution in [0, 0.1) is 6.92 Å². The van der Waals surface area contributed by atoms with Crippen molar-refractivity contribution in [3.63, 3.8) is 0 Å². The minimum absolute atomic E-state index is 0.0350. The van der Waals surface area contributed by atoms with Gasteiger partial charge in [0.05, 0.1) is 10.3 Å². The SMILES string of the molecule is Cc1ccccc1-c1nnc(-c2ccc(C(=O)N(C)Cc3ccc(Br)s3)cc2)o1. The minimum Gasteiger partial charge on any atom is -0.416 e. The van der Waals surface area contributed by atoms with Gasteiger partial charge >= 0.3 is 0 Å². The lowest BCUT2D eigenvalue weighted by atomic mass is 10.1. The number of rotatable bonds is 5. The molecule has 0 saturated heterocycles. The number of carbonyl (C=O) groups excluding carboxylic acids is 1. The van der Waals surface area contributed by atoms with Crippen molar-refractivity contribution in [2.24, 2.45) is 0 Å². The monoisotopic (exact) mass is 467 g/mol. The molecule has 0 aliphatic carbocycles. The molecule has 7 heteroatoms. The lowest BCUT2D eigenvalue weighted by molar-refractivity contribution is 0.0786. The molecule has 2 aromatic carbocycles. The van der Waals surface area contributed by atoms with Gasteiger partial charge in [-0.05, 0) is 70.9 Å². The zero-order valence-electron chi connectivity index (χ0n) is 15.9. The van der Waals surface area contributed by atoms with Crippen LogP contribution in [-0.2, 0) is 6.54 Å². The van der Waals surface area contributed by atoms with Gasteiger partial charge in [0.15, 0.2) is 0 Å². The van der Waals surface area contributed by atoms with Gasteiger partial charge < -0.3 is 9.32 Å². The first-order chi connectivity index (χ1) is 14.0. The number of hydrogen-bond acceptors (Lipinski definition) is 5. The molecule has 0 saturated carbocycles. The molecule has 5 nitrogen and oxygen atoms in total. The van der Waals surface area contributed by atoms with Crippen LogP contribution in [0.15, 0.2) is 68.9 Å². The number of thiophene rings is 1. The summed E-state index contributed by atoms with van der Waals surface area (Å²) in [5, 5.41) is 8.32. The van der Waals surface area contributed by atoms with E-state index in [9.17, 15) is 4.79 Å². The fourth-order valence-corrected chi connectivity index (χ4v) is 4.52.